The largest absolute Gasteiger partial charge is 0.496 e. The Morgan fingerprint density at radius 3 is 2.74 bits per heavy atom. The number of para-hydroxylation sites is 1. The Hall–Kier alpha value is -2.88. The number of aryl methyl sites for hydroxylation is 2. The number of nitrogens with one attached hydrogen (secondary N) is 1. The van der Waals surface area contributed by atoms with Gasteiger partial charge in [-0.15, -0.1) is 0 Å². The van der Waals surface area contributed by atoms with Gasteiger partial charge in [-0.3, -0.25) is 10.4 Å². The fourth-order valence-corrected chi connectivity index (χ4v) is 2.51. The predicted octanol–water partition coefficient (Wildman–Crippen LogP) is 4.31. The number of hydrogen-bond donors (Lipinski definition) is 1. The van der Waals surface area contributed by atoms with Crippen molar-refractivity contribution in [3.63, 3.8) is 0 Å². The van der Waals surface area contributed by atoms with E-state index < -0.39 is 0 Å². The van der Waals surface area contributed by atoms with E-state index in [-0.39, 0.29) is 0 Å². The molecule has 1 N–H and O–H groups in total. The average Bonchev–Trinajstić information content (AvgIpc) is 2.55. The molecule has 0 radical (unpaired) electrons. The third kappa shape index (κ3) is 3.31. The summed E-state index contributed by atoms with van der Waals surface area (Å²) < 4.78 is 5.32. The van der Waals surface area contributed by atoms with Crippen molar-refractivity contribution in [1.82, 2.24) is 4.98 Å². The van der Waals surface area contributed by atoms with E-state index in [1.54, 1.807) is 13.3 Å². The van der Waals surface area contributed by atoms with Crippen LogP contribution in [0.4, 0.5) is 5.69 Å². The number of hydrogen-bond acceptors (Lipinski definition) is 4. The van der Waals surface area contributed by atoms with E-state index in [9.17, 15) is 0 Å². The lowest BCUT2D eigenvalue weighted by atomic mass is 10.1. The Balaban J connectivity index is 1.92. The molecular formula is C19H19N3O. The van der Waals surface area contributed by atoms with Crippen LogP contribution < -0.4 is 10.2 Å². The SMILES string of the molecule is COc1ccccc1C=NNc1cc(C)nc2ccc(C)cc12. The molecule has 0 spiro atoms. The first-order chi connectivity index (χ1) is 11.2. The summed E-state index contributed by atoms with van der Waals surface area (Å²) in [6, 6.07) is 16.0. The van der Waals surface area contributed by atoms with Gasteiger partial charge in [-0.25, -0.2) is 0 Å². The molecule has 0 aliphatic carbocycles. The van der Waals surface area contributed by atoms with Crippen LogP contribution in [0.2, 0.25) is 0 Å². The Kier molecular flexibility index (Phi) is 4.24. The molecule has 2 aromatic carbocycles. The number of benzene rings is 2. The molecule has 1 aromatic heterocycles. The zero-order chi connectivity index (χ0) is 16.2. The maximum atomic E-state index is 5.32. The van der Waals surface area contributed by atoms with E-state index in [0.717, 1.165) is 33.6 Å². The summed E-state index contributed by atoms with van der Waals surface area (Å²) in [6.07, 6.45) is 1.76. The lowest BCUT2D eigenvalue weighted by Crippen LogP contribution is -1.96. The third-order valence-corrected chi connectivity index (χ3v) is 3.62. The standard InChI is InChI=1S/C19H19N3O/c1-13-8-9-17-16(10-13)18(11-14(2)21-17)22-20-12-15-6-4-5-7-19(15)23-3/h4-12H,1-3H3,(H,21,22). The van der Waals surface area contributed by atoms with E-state index in [1.807, 2.05) is 43.3 Å². The summed E-state index contributed by atoms with van der Waals surface area (Å²) in [5, 5.41) is 5.42. The molecule has 4 nitrogen and oxygen atoms in total. The summed E-state index contributed by atoms with van der Waals surface area (Å²) in [7, 11) is 1.66. The lowest BCUT2D eigenvalue weighted by molar-refractivity contribution is 0.414. The van der Waals surface area contributed by atoms with Gasteiger partial charge in [0, 0.05) is 16.6 Å². The Morgan fingerprint density at radius 2 is 1.91 bits per heavy atom. The number of aromatic nitrogens is 1. The van der Waals surface area contributed by atoms with Crippen molar-refractivity contribution < 1.29 is 4.74 Å². The number of ether oxygens (including phenoxy) is 1. The molecule has 0 amide bonds. The maximum Gasteiger partial charge on any atom is 0.127 e. The van der Waals surface area contributed by atoms with Crippen molar-refractivity contribution in [2.45, 2.75) is 13.8 Å². The van der Waals surface area contributed by atoms with Crippen LogP contribution in [0.5, 0.6) is 5.75 Å². The molecule has 0 saturated carbocycles. The highest BCUT2D eigenvalue weighted by molar-refractivity contribution is 5.92. The van der Waals surface area contributed by atoms with Gasteiger partial charge in [-0.1, -0.05) is 23.8 Å². The number of pyridine rings is 1. The van der Waals surface area contributed by atoms with Crippen molar-refractivity contribution in [1.29, 1.82) is 0 Å². The van der Waals surface area contributed by atoms with E-state index in [2.05, 4.69) is 34.6 Å². The molecule has 0 fully saturated rings. The molecule has 116 valence electrons. The molecule has 0 bridgehead atoms. The van der Waals surface area contributed by atoms with Gasteiger partial charge in [0.2, 0.25) is 0 Å². The van der Waals surface area contributed by atoms with Crippen molar-refractivity contribution in [3.05, 3.63) is 65.4 Å². The summed E-state index contributed by atoms with van der Waals surface area (Å²) in [5.41, 5.74) is 8.11. The van der Waals surface area contributed by atoms with Gasteiger partial charge in [0.1, 0.15) is 5.75 Å². The van der Waals surface area contributed by atoms with E-state index in [1.165, 1.54) is 5.56 Å². The zero-order valence-electron chi connectivity index (χ0n) is 13.5. The second-order valence-electron chi connectivity index (χ2n) is 5.44. The van der Waals surface area contributed by atoms with E-state index >= 15 is 0 Å². The van der Waals surface area contributed by atoms with Crippen molar-refractivity contribution in [2.24, 2.45) is 5.10 Å². The van der Waals surface area contributed by atoms with Gasteiger partial charge in [-0.05, 0) is 44.2 Å². The van der Waals surface area contributed by atoms with Crippen LogP contribution >= 0.6 is 0 Å². The zero-order valence-corrected chi connectivity index (χ0v) is 13.5. The first kappa shape index (κ1) is 15.0. The van der Waals surface area contributed by atoms with Crippen LogP contribution in [0.1, 0.15) is 16.8 Å². The quantitative estimate of drug-likeness (QED) is 0.577. The summed E-state index contributed by atoms with van der Waals surface area (Å²) >= 11 is 0. The highest BCUT2D eigenvalue weighted by atomic mass is 16.5. The van der Waals surface area contributed by atoms with Crippen LogP contribution in [-0.2, 0) is 0 Å². The molecular weight excluding hydrogens is 286 g/mol. The molecule has 0 aliphatic heterocycles. The van der Waals surface area contributed by atoms with Gasteiger partial charge >= 0.3 is 0 Å². The number of methoxy groups -OCH3 is 1. The minimum Gasteiger partial charge on any atom is -0.496 e. The molecule has 23 heavy (non-hydrogen) atoms. The number of fused-ring (bicyclic) bond motifs is 1. The smallest absolute Gasteiger partial charge is 0.127 e. The summed E-state index contributed by atoms with van der Waals surface area (Å²) in [4.78, 5) is 4.56. The van der Waals surface area contributed by atoms with Crippen LogP contribution in [0, 0.1) is 13.8 Å². The van der Waals surface area contributed by atoms with Gasteiger partial charge in [-0.2, -0.15) is 5.10 Å². The second kappa shape index (κ2) is 6.48. The molecule has 4 heteroatoms. The van der Waals surface area contributed by atoms with E-state index in [0.29, 0.717) is 0 Å². The number of nitrogens with zero attached hydrogens (tertiary/aromatic N) is 2. The summed E-state index contributed by atoms with van der Waals surface area (Å²) in [6.45, 7) is 4.05. The minimum atomic E-state index is 0.796. The molecule has 0 aliphatic rings. The Morgan fingerprint density at radius 1 is 1.09 bits per heavy atom. The number of rotatable bonds is 4. The van der Waals surface area contributed by atoms with Crippen molar-refractivity contribution in [2.75, 3.05) is 12.5 Å². The predicted molar refractivity (Wildman–Crippen MR) is 95.4 cm³/mol. The second-order valence-corrected chi connectivity index (χ2v) is 5.44. The molecule has 0 atom stereocenters. The first-order valence-corrected chi connectivity index (χ1v) is 7.47. The monoisotopic (exact) mass is 305 g/mol. The van der Waals surface area contributed by atoms with Crippen molar-refractivity contribution >= 4 is 22.8 Å². The molecule has 0 saturated heterocycles. The van der Waals surface area contributed by atoms with Gasteiger partial charge in [0.05, 0.1) is 24.5 Å². The first-order valence-electron chi connectivity index (χ1n) is 7.47. The van der Waals surface area contributed by atoms with Crippen LogP contribution in [-0.4, -0.2) is 18.3 Å². The molecule has 1 heterocycles. The molecule has 0 unspecified atom stereocenters. The maximum absolute atomic E-state index is 5.32. The topological polar surface area (TPSA) is 46.5 Å². The van der Waals surface area contributed by atoms with Gasteiger partial charge in [0.15, 0.2) is 0 Å². The van der Waals surface area contributed by atoms with Crippen molar-refractivity contribution in [3.8, 4) is 5.75 Å². The van der Waals surface area contributed by atoms with Crippen LogP contribution in [0.25, 0.3) is 10.9 Å². The van der Waals surface area contributed by atoms with Crippen LogP contribution in [0.15, 0.2) is 53.6 Å². The van der Waals surface area contributed by atoms with Gasteiger partial charge < -0.3 is 4.74 Å². The fraction of sp³-hybridized carbons (Fsp3) is 0.158. The molecule has 3 rings (SSSR count). The Labute approximate surface area is 135 Å². The number of hydrazone groups is 1. The van der Waals surface area contributed by atoms with Crippen LogP contribution in [0.3, 0.4) is 0 Å². The highest BCUT2D eigenvalue weighted by Crippen LogP contribution is 2.24. The molecule has 3 aromatic rings. The highest BCUT2D eigenvalue weighted by Gasteiger charge is 2.04. The van der Waals surface area contributed by atoms with E-state index in [4.69, 9.17) is 4.74 Å². The normalized spacial score (nSPS) is 11.1. The number of anilines is 1. The fourth-order valence-electron chi connectivity index (χ4n) is 2.51. The lowest BCUT2D eigenvalue weighted by Gasteiger charge is -2.08. The minimum absolute atomic E-state index is 0.796. The van der Waals surface area contributed by atoms with Gasteiger partial charge in [0.25, 0.3) is 0 Å². The Bertz CT molecular complexity index is 872. The average molecular weight is 305 g/mol. The summed E-state index contributed by atoms with van der Waals surface area (Å²) in [5.74, 6) is 0.796. The third-order valence-electron chi connectivity index (χ3n) is 3.62.